The van der Waals surface area contributed by atoms with Gasteiger partial charge >= 0.3 is 6.09 Å². The van der Waals surface area contributed by atoms with E-state index in [1.54, 1.807) is 0 Å². The first kappa shape index (κ1) is 21.9. The summed E-state index contributed by atoms with van der Waals surface area (Å²) in [6.45, 7) is 6.58. The van der Waals surface area contributed by atoms with Crippen molar-refractivity contribution in [3.63, 3.8) is 0 Å². The predicted octanol–water partition coefficient (Wildman–Crippen LogP) is 3.14. The Morgan fingerprint density at radius 1 is 1.23 bits per heavy atom. The maximum absolute atomic E-state index is 13.6. The SMILES string of the molecule is CCc1c(OC(N)=O)ccc(N2CCC[C@@]3(CCN(C4CCC(O)CC4)C3=O)C2)c1C. The molecule has 2 saturated heterocycles. The molecule has 2 aliphatic heterocycles. The molecule has 31 heavy (non-hydrogen) atoms. The molecular weight excluding hydrogens is 394 g/mol. The van der Waals surface area contributed by atoms with Crippen LogP contribution < -0.4 is 15.4 Å². The number of benzene rings is 1. The molecule has 170 valence electrons. The highest BCUT2D eigenvalue weighted by Gasteiger charge is 2.50. The van der Waals surface area contributed by atoms with Gasteiger partial charge in [-0.25, -0.2) is 4.79 Å². The van der Waals surface area contributed by atoms with Crippen LogP contribution in [0.4, 0.5) is 10.5 Å². The van der Waals surface area contributed by atoms with Crippen LogP contribution in [-0.4, -0.2) is 53.8 Å². The van der Waals surface area contributed by atoms with Crippen molar-refractivity contribution in [3.05, 3.63) is 23.3 Å². The van der Waals surface area contributed by atoms with Crippen LogP contribution in [0.1, 0.15) is 63.0 Å². The molecule has 3 N–H and O–H groups in total. The summed E-state index contributed by atoms with van der Waals surface area (Å²) in [7, 11) is 0. The number of nitrogens with two attached hydrogens (primary N) is 1. The first-order valence-electron chi connectivity index (χ1n) is 11.7. The van der Waals surface area contributed by atoms with Crippen LogP contribution >= 0.6 is 0 Å². The van der Waals surface area contributed by atoms with E-state index in [2.05, 4.69) is 16.7 Å². The molecule has 2 heterocycles. The van der Waals surface area contributed by atoms with Crippen molar-refractivity contribution in [1.82, 2.24) is 4.90 Å². The van der Waals surface area contributed by atoms with Gasteiger partial charge in [0.25, 0.3) is 0 Å². The Labute approximate surface area is 184 Å². The molecule has 1 aromatic rings. The first-order valence-corrected chi connectivity index (χ1v) is 11.7. The summed E-state index contributed by atoms with van der Waals surface area (Å²) in [5.74, 6) is 0.825. The van der Waals surface area contributed by atoms with E-state index in [-0.39, 0.29) is 17.6 Å². The number of hydrogen-bond donors (Lipinski definition) is 2. The largest absolute Gasteiger partial charge is 0.410 e. The molecule has 1 atom stereocenters. The van der Waals surface area contributed by atoms with E-state index >= 15 is 0 Å². The number of anilines is 1. The third kappa shape index (κ3) is 4.12. The number of rotatable bonds is 4. The van der Waals surface area contributed by atoms with Crippen molar-refractivity contribution in [2.24, 2.45) is 11.1 Å². The zero-order chi connectivity index (χ0) is 22.2. The highest BCUT2D eigenvalue weighted by Crippen LogP contribution is 2.44. The highest BCUT2D eigenvalue weighted by molar-refractivity contribution is 5.86. The number of primary amides is 1. The zero-order valence-corrected chi connectivity index (χ0v) is 18.7. The monoisotopic (exact) mass is 429 g/mol. The average molecular weight is 430 g/mol. The molecule has 4 rings (SSSR count). The summed E-state index contributed by atoms with van der Waals surface area (Å²) >= 11 is 0. The lowest BCUT2D eigenvalue weighted by Gasteiger charge is -2.42. The van der Waals surface area contributed by atoms with E-state index in [1.165, 1.54) is 0 Å². The minimum absolute atomic E-state index is 0.203. The van der Waals surface area contributed by atoms with Gasteiger partial charge in [0, 0.05) is 31.4 Å². The standard InChI is InChI=1S/C24H35N3O4/c1-3-19-16(2)20(9-10-21(19)31-23(25)30)26-13-4-11-24(15-26)12-14-27(22(24)29)17-5-7-18(28)8-6-17/h9-10,17-18,28H,3-8,11-15H2,1-2H3,(H2,25,30)/t17?,18?,24-/m1/s1. The van der Waals surface area contributed by atoms with Crippen molar-refractivity contribution in [3.8, 4) is 5.75 Å². The normalized spacial score (nSPS) is 28.9. The summed E-state index contributed by atoms with van der Waals surface area (Å²) in [4.78, 5) is 29.3. The Morgan fingerprint density at radius 3 is 2.65 bits per heavy atom. The Kier molecular flexibility index (Phi) is 6.15. The molecular formula is C24H35N3O4. The second-order valence-corrected chi connectivity index (χ2v) is 9.48. The van der Waals surface area contributed by atoms with Crippen molar-refractivity contribution in [2.75, 3.05) is 24.5 Å². The van der Waals surface area contributed by atoms with Gasteiger partial charge in [0.2, 0.25) is 5.91 Å². The van der Waals surface area contributed by atoms with Crippen molar-refractivity contribution in [2.45, 2.75) is 77.4 Å². The van der Waals surface area contributed by atoms with Crippen LogP contribution in [0.25, 0.3) is 0 Å². The smallest absolute Gasteiger partial charge is 0.409 e. The third-order valence-electron chi connectivity index (χ3n) is 7.66. The van der Waals surface area contributed by atoms with Gasteiger partial charge in [-0.3, -0.25) is 4.79 Å². The van der Waals surface area contributed by atoms with Gasteiger partial charge in [0.05, 0.1) is 11.5 Å². The van der Waals surface area contributed by atoms with Crippen LogP contribution in [0.2, 0.25) is 0 Å². The number of piperidine rings is 1. The van der Waals surface area contributed by atoms with E-state index in [0.29, 0.717) is 11.7 Å². The molecule has 1 aliphatic carbocycles. The molecule has 1 aromatic carbocycles. The Balaban J connectivity index is 1.54. The van der Waals surface area contributed by atoms with Gasteiger partial charge in [-0.05, 0) is 81.5 Å². The molecule has 3 aliphatic rings. The number of aliphatic hydroxyl groups is 1. The number of aliphatic hydroxyl groups excluding tert-OH is 1. The minimum atomic E-state index is -0.800. The Hall–Kier alpha value is -2.28. The molecule has 3 fully saturated rings. The molecule has 7 heteroatoms. The van der Waals surface area contributed by atoms with Gasteiger partial charge in [-0.2, -0.15) is 0 Å². The van der Waals surface area contributed by atoms with Crippen LogP contribution in [-0.2, 0) is 11.2 Å². The number of hydrogen-bond acceptors (Lipinski definition) is 5. The number of carbonyl (C=O) groups excluding carboxylic acids is 2. The zero-order valence-electron chi connectivity index (χ0n) is 18.7. The van der Waals surface area contributed by atoms with Crippen LogP contribution in [0.15, 0.2) is 12.1 Å². The van der Waals surface area contributed by atoms with Gasteiger partial charge in [0.15, 0.2) is 0 Å². The molecule has 1 saturated carbocycles. The molecule has 0 bridgehead atoms. The number of likely N-dealkylation sites (tertiary alicyclic amines) is 1. The lowest BCUT2D eigenvalue weighted by molar-refractivity contribution is -0.139. The van der Waals surface area contributed by atoms with E-state index in [9.17, 15) is 14.7 Å². The van der Waals surface area contributed by atoms with Crippen LogP contribution in [0.5, 0.6) is 5.75 Å². The molecule has 2 amide bonds. The number of ether oxygens (including phenoxy) is 1. The van der Waals surface area contributed by atoms with E-state index in [0.717, 1.165) is 87.8 Å². The van der Waals surface area contributed by atoms with Crippen molar-refractivity contribution >= 4 is 17.7 Å². The number of carbonyl (C=O) groups is 2. The second-order valence-electron chi connectivity index (χ2n) is 9.48. The van der Waals surface area contributed by atoms with Gasteiger partial charge in [-0.15, -0.1) is 0 Å². The Bertz CT molecular complexity index is 849. The van der Waals surface area contributed by atoms with Crippen molar-refractivity contribution in [1.29, 1.82) is 0 Å². The summed E-state index contributed by atoms with van der Waals surface area (Å²) in [6.07, 6.45) is 5.99. The molecule has 0 radical (unpaired) electrons. The molecule has 0 unspecified atom stereocenters. The van der Waals surface area contributed by atoms with Gasteiger partial charge in [0.1, 0.15) is 5.75 Å². The minimum Gasteiger partial charge on any atom is -0.410 e. The fraction of sp³-hybridized carbons (Fsp3) is 0.667. The molecule has 7 nitrogen and oxygen atoms in total. The molecule has 1 spiro atoms. The van der Waals surface area contributed by atoms with Gasteiger partial charge in [-0.1, -0.05) is 6.92 Å². The summed E-state index contributed by atoms with van der Waals surface area (Å²) in [5, 5.41) is 9.83. The van der Waals surface area contributed by atoms with Crippen molar-refractivity contribution < 1.29 is 19.4 Å². The number of amides is 2. The van der Waals surface area contributed by atoms with E-state index in [4.69, 9.17) is 10.5 Å². The third-order valence-corrected chi connectivity index (χ3v) is 7.66. The fourth-order valence-corrected chi connectivity index (χ4v) is 5.99. The average Bonchev–Trinajstić information content (AvgIpc) is 3.04. The predicted molar refractivity (Wildman–Crippen MR) is 119 cm³/mol. The summed E-state index contributed by atoms with van der Waals surface area (Å²) < 4.78 is 5.20. The lowest BCUT2D eigenvalue weighted by atomic mass is 9.78. The molecule has 0 aromatic heterocycles. The maximum Gasteiger partial charge on any atom is 0.409 e. The summed E-state index contributed by atoms with van der Waals surface area (Å²) in [6, 6.07) is 4.10. The fourth-order valence-electron chi connectivity index (χ4n) is 5.99. The van der Waals surface area contributed by atoms with E-state index < -0.39 is 6.09 Å². The van der Waals surface area contributed by atoms with E-state index in [1.807, 2.05) is 19.1 Å². The Morgan fingerprint density at radius 2 is 1.97 bits per heavy atom. The van der Waals surface area contributed by atoms with Crippen LogP contribution in [0.3, 0.4) is 0 Å². The summed E-state index contributed by atoms with van der Waals surface area (Å²) in [5.41, 5.74) is 8.10. The highest BCUT2D eigenvalue weighted by atomic mass is 16.5. The lowest BCUT2D eigenvalue weighted by Crippen LogP contribution is -2.50. The van der Waals surface area contributed by atoms with Crippen LogP contribution in [0, 0.1) is 12.3 Å². The second kappa shape index (κ2) is 8.69. The van der Waals surface area contributed by atoms with Gasteiger partial charge < -0.3 is 25.4 Å². The first-order chi connectivity index (χ1) is 14.8. The number of nitrogens with zero attached hydrogens (tertiary/aromatic N) is 2. The topological polar surface area (TPSA) is 96.1 Å². The quantitative estimate of drug-likeness (QED) is 0.767. The maximum atomic E-state index is 13.6.